The number of anilines is 3. The first-order valence-corrected chi connectivity index (χ1v) is 18.9. The van der Waals surface area contributed by atoms with E-state index in [9.17, 15) is 8.42 Å². The van der Waals surface area contributed by atoms with Crippen LogP contribution in [0.5, 0.6) is 0 Å². The van der Waals surface area contributed by atoms with Crippen LogP contribution in [0.2, 0.25) is 0 Å². The van der Waals surface area contributed by atoms with Crippen molar-refractivity contribution >= 4 is 48.7 Å². The summed E-state index contributed by atoms with van der Waals surface area (Å²) in [6, 6.07) is 30.4. The predicted molar refractivity (Wildman–Crippen MR) is 208 cm³/mol. The molecular formula is C43H48N4O2S. The van der Waals surface area contributed by atoms with Crippen LogP contribution in [-0.4, -0.2) is 31.7 Å². The maximum Gasteiger partial charge on any atom is 0.206 e. The maximum atomic E-state index is 14.8. The highest BCUT2D eigenvalue weighted by Crippen LogP contribution is 2.44. The Kier molecular flexibility index (Phi) is 7.76. The van der Waals surface area contributed by atoms with Gasteiger partial charge in [0.05, 0.1) is 38.9 Å². The molecule has 0 N–H and O–H groups in total. The largest absolute Gasteiger partial charge is 0.355 e. The third kappa shape index (κ3) is 5.75. The molecular weight excluding hydrogens is 637 g/mol. The van der Waals surface area contributed by atoms with E-state index in [-0.39, 0.29) is 26.0 Å². The van der Waals surface area contributed by atoms with Crippen LogP contribution in [0.15, 0.2) is 107 Å². The van der Waals surface area contributed by atoms with E-state index in [1.54, 1.807) is 6.07 Å². The molecule has 1 aliphatic rings. The fourth-order valence-corrected chi connectivity index (χ4v) is 8.29. The number of benzene rings is 4. The number of sulfone groups is 1. The van der Waals surface area contributed by atoms with Gasteiger partial charge in [-0.1, -0.05) is 92.6 Å². The zero-order valence-electron chi connectivity index (χ0n) is 31.0. The Bertz CT molecular complexity index is 2400. The Hall–Kier alpha value is -4.62. The minimum absolute atomic E-state index is 0.0228. The van der Waals surface area contributed by atoms with Crippen LogP contribution in [0.25, 0.3) is 27.6 Å². The Morgan fingerprint density at radius 1 is 0.600 bits per heavy atom. The third-order valence-corrected chi connectivity index (χ3v) is 11.8. The van der Waals surface area contributed by atoms with Gasteiger partial charge in [0, 0.05) is 29.7 Å². The van der Waals surface area contributed by atoms with Gasteiger partial charge in [-0.2, -0.15) is 0 Å². The molecule has 7 rings (SSSR count). The minimum Gasteiger partial charge on any atom is -0.355 e. The molecule has 2 aromatic heterocycles. The van der Waals surface area contributed by atoms with Crippen molar-refractivity contribution in [2.24, 2.45) is 0 Å². The fraction of sp³-hybridized carbons (Fsp3) is 0.326. The van der Waals surface area contributed by atoms with Gasteiger partial charge in [0.15, 0.2) is 0 Å². The predicted octanol–water partition coefficient (Wildman–Crippen LogP) is 10.4. The van der Waals surface area contributed by atoms with Gasteiger partial charge in [-0.25, -0.2) is 13.4 Å². The van der Waals surface area contributed by atoms with Gasteiger partial charge in [0.25, 0.3) is 0 Å². The van der Waals surface area contributed by atoms with Crippen LogP contribution in [0, 0.1) is 0 Å². The van der Waals surface area contributed by atoms with Crippen LogP contribution in [0.3, 0.4) is 0 Å². The Morgan fingerprint density at radius 3 is 1.96 bits per heavy atom. The summed E-state index contributed by atoms with van der Waals surface area (Å²) in [4.78, 5) is 9.79. The molecule has 6 aromatic rings. The zero-order chi connectivity index (χ0) is 36.0. The first-order valence-electron chi connectivity index (χ1n) is 17.4. The number of pyridine rings is 1. The average molecular weight is 685 g/mol. The van der Waals surface area contributed by atoms with Crippen molar-refractivity contribution in [3.05, 3.63) is 114 Å². The molecule has 0 radical (unpaired) electrons. The normalized spacial score (nSPS) is 14.2. The third-order valence-electron chi connectivity index (χ3n) is 10.1. The lowest BCUT2D eigenvalue weighted by molar-refractivity contribution is 0.583. The molecule has 7 heteroatoms. The van der Waals surface area contributed by atoms with Crippen LogP contribution < -0.4 is 9.80 Å². The second-order valence-corrected chi connectivity index (χ2v) is 18.8. The summed E-state index contributed by atoms with van der Waals surface area (Å²) in [5.74, 6) is 0.765. The van der Waals surface area contributed by atoms with Crippen molar-refractivity contribution in [3.8, 4) is 5.82 Å². The lowest BCUT2D eigenvalue weighted by Crippen LogP contribution is -2.25. The van der Waals surface area contributed by atoms with E-state index in [1.807, 2.05) is 48.7 Å². The Morgan fingerprint density at radius 2 is 1.26 bits per heavy atom. The standard InChI is InChI=1S/C43H48N4O2S/c1-41(2,3)28-15-18-37-39(23-28)45(10)27-46(37)31-21-30(43(7,8)9)22-33(25-31)50(48,49)32-16-17-35-34-13-11-12-14-36(34)47(38(35)26-32)40-24-29(19-20-44-40)42(4,5)6/h11-26H,27H2,1-10H3. The lowest BCUT2D eigenvalue weighted by atomic mass is 9.86. The smallest absolute Gasteiger partial charge is 0.206 e. The molecule has 6 nitrogen and oxygen atoms in total. The average Bonchev–Trinajstić information content (AvgIpc) is 3.57. The van der Waals surface area contributed by atoms with Crippen LogP contribution in [0.1, 0.15) is 79.0 Å². The summed E-state index contributed by atoms with van der Waals surface area (Å²) in [5, 5.41) is 2.04. The van der Waals surface area contributed by atoms with Crippen molar-refractivity contribution in [3.63, 3.8) is 0 Å². The quantitative estimate of drug-likeness (QED) is 0.185. The van der Waals surface area contributed by atoms with Crippen molar-refractivity contribution < 1.29 is 8.42 Å². The van der Waals surface area contributed by atoms with Gasteiger partial charge in [0.2, 0.25) is 9.84 Å². The highest BCUT2D eigenvalue weighted by Gasteiger charge is 2.30. The van der Waals surface area contributed by atoms with E-state index in [4.69, 9.17) is 4.98 Å². The zero-order valence-corrected chi connectivity index (χ0v) is 31.8. The van der Waals surface area contributed by atoms with Crippen molar-refractivity contribution in [2.45, 2.75) is 88.3 Å². The molecule has 0 amide bonds. The van der Waals surface area contributed by atoms with Gasteiger partial charge in [-0.3, -0.25) is 4.57 Å². The molecule has 0 spiro atoms. The first kappa shape index (κ1) is 33.9. The summed E-state index contributed by atoms with van der Waals surface area (Å²) >= 11 is 0. The SMILES string of the molecule is CN1CN(c2cc(C(C)(C)C)cc(S(=O)(=O)c3ccc4c5ccccc5n(-c5cc(C(C)(C)C)ccn5)c4c3)c2)c2ccc(C(C)(C)C)cc21. The van der Waals surface area contributed by atoms with Gasteiger partial charge in [0.1, 0.15) is 5.82 Å². The summed E-state index contributed by atoms with van der Waals surface area (Å²) in [6.45, 7) is 20.2. The second-order valence-electron chi connectivity index (χ2n) is 16.9. The molecule has 0 unspecified atom stereocenters. The van der Waals surface area contributed by atoms with Gasteiger partial charge in [-0.15, -0.1) is 0 Å². The van der Waals surface area contributed by atoms with Crippen LogP contribution >= 0.6 is 0 Å². The monoisotopic (exact) mass is 684 g/mol. The molecule has 0 atom stereocenters. The number of nitrogens with zero attached hydrogens (tertiary/aromatic N) is 4. The highest BCUT2D eigenvalue weighted by molar-refractivity contribution is 7.91. The molecule has 0 saturated heterocycles. The fourth-order valence-electron chi connectivity index (χ4n) is 6.94. The summed E-state index contributed by atoms with van der Waals surface area (Å²) < 4.78 is 31.7. The molecule has 0 aliphatic carbocycles. The Balaban J connectivity index is 1.40. The molecule has 258 valence electrons. The molecule has 0 fully saturated rings. The molecule has 0 bridgehead atoms. The van der Waals surface area contributed by atoms with Crippen LogP contribution in [-0.2, 0) is 26.1 Å². The molecule has 0 saturated carbocycles. The summed E-state index contributed by atoms with van der Waals surface area (Å²) in [6.07, 6.45) is 1.84. The van der Waals surface area contributed by atoms with E-state index in [0.29, 0.717) is 6.67 Å². The van der Waals surface area contributed by atoms with Crippen molar-refractivity contribution in [1.29, 1.82) is 0 Å². The molecule has 1 aliphatic heterocycles. The van der Waals surface area contributed by atoms with E-state index in [0.717, 1.165) is 55.8 Å². The van der Waals surface area contributed by atoms with Crippen molar-refractivity contribution in [2.75, 3.05) is 23.5 Å². The minimum atomic E-state index is -3.92. The number of aromatic nitrogens is 2. The lowest BCUT2D eigenvalue weighted by Gasteiger charge is -2.26. The van der Waals surface area contributed by atoms with E-state index in [1.165, 1.54) is 5.56 Å². The van der Waals surface area contributed by atoms with Crippen molar-refractivity contribution in [1.82, 2.24) is 9.55 Å². The number of rotatable bonds is 4. The van der Waals surface area contributed by atoms with E-state index in [2.05, 4.69) is 126 Å². The number of fused-ring (bicyclic) bond motifs is 4. The first-order chi connectivity index (χ1) is 23.3. The second kappa shape index (κ2) is 11.5. The number of hydrogen-bond donors (Lipinski definition) is 0. The maximum absolute atomic E-state index is 14.8. The topological polar surface area (TPSA) is 58.4 Å². The molecule has 3 heterocycles. The Labute approximate surface area is 297 Å². The number of hydrogen-bond acceptors (Lipinski definition) is 5. The van der Waals surface area contributed by atoms with Gasteiger partial charge in [-0.05, 0) is 93.6 Å². The summed E-state index contributed by atoms with van der Waals surface area (Å²) in [5.41, 5.74) is 7.95. The highest BCUT2D eigenvalue weighted by atomic mass is 32.2. The number of para-hydroxylation sites is 1. The van der Waals surface area contributed by atoms with Crippen LogP contribution in [0.4, 0.5) is 17.1 Å². The summed E-state index contributed by atoms with van der Waals surface area (Å²) in [7, 11) is -1.83. The van der Waals surface area contributed by atoms with E-state index >= 15 is 0 Å². The molecule has 4 aromatic carbocycles. The van der Waals surface area contributed by atoms with Gasteiger partial charge < -0.3 is 9.80 Å². The molecule has 50 heavy (non-hydrogen) atoms. The van der Waals surface area contributed by atoms with E-state index < -0.39 is 9.84 Å². The van der Waals surface area contributed by atoms with Gasteiger partial charge >= 0.3 is 0 Å².